The van der Waals surface area contributed by atoms with E-state index < -0.39 is 0 Å². The summed E-state index contributed by atoms with van der Waals surface area (Å²) in [7, 11) is 0. The SMILES string of the molecule is CCc1nccn1CC(=O)N1CCNC[C@@H]1C(=O)N1CCCC1. The van der Waals surface area contributed by atoms with E-state index in [1.807, 2.05) is 22.6 Å². The number of nitrogens with one attached hydrogen (secondary N) is 1. The van der Waals surface area contributed by atoms with Crippen LogP contribution in [0.5, 0.6) is 0 Å². The second kappa shape index (κ2) is 7.12. The summed E-state index contributed by atoms with van der Waals surface area (Å²) in [5.41, 5.74) is 0. The van der Waals surface area contributed by atoms with Gasteiger partial charge < -0.3 is 19.7 Å². The predicted octanol–water partition coefficient (Wildman–Crippen LogP) is -0.132. The minimum absolute atomic E-state index is 0.00301. The van der Waals surface area contributed by atoms with E-state index in [1.54, 1.807) is 11.1 Å². The third-order valence-electron chi connectivity index (χ3n) is 4.69. The lowest BCUT2D eigenvalue weighted by Crippen LogP contribution is -2.60. The molecule has 7 nitrogen and oxygen atoms in total. The Kier molecular flexibility index (Phi) is 4.95. The molecule has 0 aliphatic carbocycles. The van der Waals surface area contributed by atoms with Crippen molar-refractivity contribution in [3.05, 3.63) is 18.2 Å². The molecule has 1 N–H and O–H groups in total. The van der Waals surface area contributed by atoms with Crippen molar-refractivity contribution in [1.29, 1.82) is 0 Å². The van der Waals surface area contributed by atoms with Gasteiger partial charge in [0.1, 0.15) is 18.4 Å². The first-order valence-corrected chi connectivity index (χ1v) is 8.49. The number of rotatable bonds is 4. The number of carbonyl (C=O) groups excluding carboxylic acids is 2. The summed E-state index contributed by atoms with van der Waals surface area (Å²) in [5.74, 6) is 0.983. The molecule has 23 heavy (non-hydrogen) atoms. The first-order valence-electron chi connectivity index (χ1n) is 8.49. The summed E-state index contributed by atoms with van der Waals surface area (Å²) < 4.78 is 1.88. The number of carbonyl (C=O) groups is 2. The van der Waals surface area contributed by atoms with Crippen molar-refractivity contribution in [3.63, 3.8) is 0 Å². The number of nitrogens with zero attached hydrogens (tertiary/aromatic N) is 4. The first kappa shape index (κ1) is 16.0. The monoisotopic (exact) mass is 319 g/mol. The highest BCUT2D eigenvalue weighted by Gasteiger charge is 2.35. The zero-order chi connectivity index (χ0) is 16.2. The fourth-order valence-electron chi connectivity index (χ4n) is 3.41. The highest BCUT2D eigenvalue weighted by Crippen LogP contribution is 2.14. The maximum Gasteiger partial charge on any atom is 0.246 e. The van der Waals surface area contributed by atoms with E-state index in [-0.39, 0.29) is 24.4 Å². The van der Waals surface area contributed by atoms with Crippen molar-refractivity contribution >= 4 is 11.8 Å². The molecular formula is C16H25N5O2. The van der Waals surface area contributed by atoms with Crippen LogP contribution in [0.15, 0.2) is 12.4 Å². The Hall–Kier alpha value is -1.89. The summed E-state index contributed by atoms with van der Waals surface area (Å²) in [6, 6.07) is -0.372. The third-order valence-corrected chi connectivity index (χ3v) is 4.69. The molecule has 0 aromatic carbocycles. The number of likely N-dealkylation sites (tertiary alicyclic amines) is 1. The number of hydrogen-bond acceptors (Lipinski definition) is 4. The summed E-state index contributed by atoms with van der Waals surface area (Å²) in [6.07, 6.45) is 6.47. The molecule has 2 fully saturated rings. The summed E-state index contributed by atoms with van der Waals surface area (Å²) >= 11 is 0. The van der Waals surface area contributed by atoms with Crippen LogP contribution in [0.3, 0.4) is 0 Å². The number of hydrogen-bond donors (Lipinski definition) is 1. The van der Waals surface area contributed by atoms with Gasteiger partial charge in [0.15, 0.2) is 0 Å². The lowest BCUT2D eigenvalue weighted by molar-refractivity contribution is -0.146. The minimum Gasteiger partial charge on any atom is -0.341 e. The van der Waals surface area contributed by atoms with Crippen LogP contribution < -0.4 is 5.32 Å². The van der Waals surface area contributed by atoms with Crippen LogP contribution in [-0.2, 0) is 22.6 Å². The standard InChI is InChI=1S/C16H25N5O2/c1-2-14-18-6-9-20(14)12-15(22)21-10-5-17-11-13(21)16(23)19-7-3-4-8-19/h6,9,13,17H,2-5,7-8,10-12H2,1H3/t13-/m1/s1. The predicted molar refractivity (Wildman–Crippen MR) is 85.8 cm³/mol. The Morgan fingerprint density at radius 1 is 1.30 bits per heavy atom. The molecule has 0 bridgehead atoms. The molecule has 2 amide bonds. The number of aryl methyl sites for hydroxylation is 1. The maximum atomic E-state index is 12.7. The Labute approximate surface area is 136 Å². The van der Waals surface area contributed by atoms with Crippen molar-refractivity contribution < 1.29 is 9.59 Å². The molecule has 3 heterocycles. The average molecular weight is 319 g/mol. The highest BCUT2D eigenvalue weighted by molar-refractivity contribution is 5.88. The molecule has 2 aliphatic rings. The summed E-state index contributed by atoms with van der Waals surface area (Å²) in [6.45, 7) is 5.78. The fraction of sp³-hybridized carbons (Fsp3) is 0.688. The van der Waals surface area contributed by atoms with Crippen LogP contribution >= 0.6 is 0 Å². The Balaban J connectivity index is 1.70. The lowest BCUT2D eigenvalue weighted by Gasteiger charge is -2.37. The molecule has 126 valence electrons. The number of piperazine rings is 1. The smallest absolute Gasteiger partial charge is 0.246 e. The van der Waals surface area contributed by atoms with Crippen LogP contribution in [0.4, 0.5) is 0 Å². The summed E-state index contributed by atoms with van der Waals surface area (Å²) in [4.78, 5) is 33.4. The maximum absolute atomic E-state index is 12.7. The van der Waals surface area contributed by atoms with Gasteiger partial charge in [-0.15, -0.1) is 0 Å². The molecule has 1 aromatic rings. The van der Waals surface area contributed by atoms with Gasteiger partial charge in [-0.1, -0.05) is 6.92 Å². The molecule has 1 aromatic heterocycles. The largest absolute Gasteiger partial charge is 0.341 e. The zero-order valence-electron chi connectivity index (χ0n) is 13.7. The molecule has 0 radical (unpaired) electrons. The van der Waals surface area contributed by atoms with E-state index in [0.717, 1.165) is 44.7 Å². The third kappa shape index (κ3) is 3.39. The Morgan fingerprint density at radius 3 is 2.83 bits per heavy atom. The van der Waals surface area contributed by atoms with Gasteiger partial charge in [0, 0.05) is 51.5 Å². The number of aromatic nitrogens is 2. The molecule has 0 saturated carbocycles. The topological polar surface area (TPSA) is 70.5 Å². The Bertz CT molecular complexity index is 565. The van der Waals surface area contributed by atoms with E-state index in [1.165, 1.54) is 0 Å². The van der Waals surface area contributed by atoms with E-state index in [4.69, 9.17) is 0 Å². The van der Waals surface area contributed by atoms with Crippen molar-refractivity contribution in [2.75, 3.05) is 32.7 Å². The van der Waals surface area contributed by atoms with Crippen LogP contribution in [0.25, 0.3) is 0 Å². The summed E-state index contributed by atoms with van der Waals surface area (Å²) in [5, 5.41) is 3.24. The van der Waals surface area contributed by atoms with E-state index >= 15 is 0 Å². The van der Waals surface area contributed by atoms with Crippen molar-refractivity contribution in [2.45, 2.75) is 38.8 Å². The fourth-order valence-corrected chi connectivity index (χ4v) is 3.41. The molecule has 2 aliphatic heterocycles. The lowest BCUT2D eigenvalue weighted by atomic mass is 10.1. The minimum atomic E-state index is -0.372. The van der Waals surface area contributed by atoms with Crippen molar-refractivity contribution in [1.82, 2.24) is 24.7 Å². The van der Waals surface area contributed by atoms with Crippen LogP contribution in [0.1, 0.15) is 25.6 Å². The van der Waals surface area contributed by atoms with E-state index in [9.17, 15) is 9.59 Å². The highest BCUT2D eigenvalue weighted by atomic mass is 16.2. The van der Waals surface area contributed by atoms with Gasteiger partial charge >= 0.3 is 0 Å². The number of amides is 2. The van der Waals surface area contributed by atoms with Crippen LogP contribution in [-0.4, -0.2) is 69.9 Å². The zero-order valence-corrected chi connectivity index (χ0v) is 13.7. The molecule has 1 atom stereocenters. The van der Waals surface area contributed by atoms with Gasteiger partial charge in [0.2, 0.25) is 11.8 Å². The number of imidazole rings is 1. The molecule has 0 unspecified atom stereocenters. The Morgan fingerprint density at radius 2 is 2.09 bits per heavy atom. The van der Waals surface area contributed by atoms with Crippen molar-refractivity contribution in [2.24, 2.45) is 0 Å². The molecular weight excluding hydrogens is 294 g/mol. The second-order valence-electron chi connectivity index (χ2n) is 6.16. The van der Waals surface area contributed by atoms with Gasteiger partial charge in [0.05, 0.1) is 0 Å². The molecule has 2 saturated heterocycles. The van der Waals surface area contributed by atoms with Crippen molar-refractivity contribution in [3.8, 4) is 0 Å². The molecule has 0 spiro atoms. The first-order chi connectivity index (χ1) is 11.2. The van der Waals surface area contributed by atoms with E-state index in [0.29, 0.717) is 13.1 Å². The second-order valence-corrected chi connectivity index (χ2v) is 6.16. The quantitative estimate of drug-likeness (QED) is 0.839. The molecule has 7 heteroatoms. The van der Waals surface area contributed by atoms with Gasteiger partial charge in [-0.25, -0.2) is 4.98 Å². The van der Waals surface area contributed by atoms with E-state index in [2.05, 4.69) is 10.3 Å². The van der Waals surface area contributed by atoms with Crippen LogP contribution in [0.2, 0.25) is 0 Å². The molecule has 3 rings (SSSR count). The van der Waals surface area contributed by atoms with Crippen LogP contribution in [0, 0.1) is 0 Å². The van der Waals surface area contributed by atoms with Gasteiger partial charge in [-0.3, -0.25) is 9.59 Å². The average Bonchev–Trinajstić information content (AvgIpc) is 3.25. The normalized spacial score (nSPS) is 21.7. The van der Waals surface area contributed by atoms with Gasteiger partial charge in [-0.2, -0.15) is 0 Å². The van der Waals surface area contributed by atoms with Gasteiger partial charge in [-0.05, 0) is 12.8 Å². The van der Waals surface area contributed by atoms with Gasteiger partial charge in [0.25, 0.3) is 0 Å².